The van der Waals surface area contributed by atoms with E-state index in [2.05, 4.69) is 173 Å². The Bertz CT molecular complexity index is 2610. The van der Waals surface area contributed by atoms with E-state index in [1.54, 1.807) is 0 Å². The number of fused-ring (bicyclic) bond motifs is 6. The van der Waals surface area contributed by atoms with Gasteiger partial charge in [0.25, 0.3) is 0 Å². The van der Waals surface area contributed by atoms with Gasteiger partial charge < -0.3 is 9.13 Å². The molecule has 2 aromatic heterocycles. The molecule has 0 atom stereocenters. The van der Waals surface area contributed by atoms with Gasteiger partial charge in [-0.3, -0.25) is 0 Å². The van der Waals surface area contributed by atoms with Crippen LogP contribution in [0.25, 0.3) is 62.0 Å². The Hall–Kier alpha value is -6.30. The number of aromatic nitrogens is 2. The molecular weight excluding hydrogens is 617 g/mol. The first-order valence-corrected chi connectivity index (χ1v) is 18.1. The van der Waals surface area contributed by atoms with Gasteiger partial charge in [0, 0.05) is 44.7 Å². The van der Waals surface area contributed by atoms with Crippen molar-refractivity contribution in [3.8, 4) is 22.5 Å². The lowest BCUT2D eigenvalue weighted by atomic mass is 9.85. The molecule has 5 aromatic carbocycles. The number of hydrogen-bond donors (Lipinski definition) is 0. The van der Waals surface area contributed by atoms with Gasteiger partial charge in [0.05, 0.1) is 5.52 Å². The van der Waals surface area contributed by atoms with Crippen LogP contribution in [0.15, 0.2) is 157 Å². The van der Waals surface area contributed by atoms with Crippen molar-refractivity contribution in [3.05, 3.63) is 197 Å². The molecule has 0 amide bonds. The lowest BCUT2D eigenvalue weighted by Gasteiger charge is -2.23. The summed E-state index contributed by atoms with van der Waals surface area (Å²) in [5.74, 6) is 0. The van der Waals surface area contributed by atoms with Crippen molar-refractivity contribution in [3.63, 3.8) is 0 Å². The second kappa shape index (κ2) is 12.2. The van der Waals surface area contributed by atoms with E-state index in [9.17, 15) is 0 Å². The predicted octanol–water partition coefficient (Wildman–Crippen LogP) is 12.1. The molecule has 3 aliphatic rings. The van der Waals surface area contributed by atoms with Gasteiger partial charge in [0.2, 0.25) is 0 Å². The molecule has 0 fully saturated rings. The Labute approximate surface area is 299 Å². The van der Waals surface area contributed by atoms with Crippen molar-refractivity contribution in [1.82, 2.24) is 9.13 Å². The molecule has 0 spiro atoms. The highest BCUT2D eigenvalue weighted by Crippen LogP contribution is 2.42. The first-order valence-electron chi connectivity index (χ1n) is 18.1. The van der Waals surface area contributed by atoms with E-state index in [0.29, 0.717) is 0 Å². The number of para-hydroxylation sites is 1. The van der Waals surface area contributed by atoms with E-state index in [1.807, 2.05) is 6.07 Å². The molecule has 10 rings (SSSR count). The number of hydrogen-bond acceptors (Lipinski definition) is 0. The smallest absolute Gasteiger partial charge is 0.105 e. The fourth-order valence-corrected chi connectivity index (χ4v) is 8.43. The molecule has 0 aliphatic heterocycles. The maximum Gasteiger partial charge on any atom is 0.105 e. The molecule has 0 radical (unpaired) electrons. The Kier molecular flexibility index (Phi) is 7.10. The molecule has 2 nitrogen and oxygen atoms in total. The summed E-state index contributed by atoms with van der Waals surface area (Å²) in [4.78, 5) is 0. The van der Waals surface area contributed by atoms with Crippen LogP contribution in [0.1, 0.15) is 47.3 Å². The molecular formula is C49H36N2. The van der Waals surface area contributed by atoms with E-state index < -0.39 is 0 Å². The van der Waals surface area contributed by atoms with Crippen LogP contribution in [0, 0.1) is 12.1 Å². The van der Waals surface area contributed by atoms with Crippen molar-refractivity contribution in [2.75, 3.05) is 0 Å². The summed E-state index contributed by atoms with van der Waals surface area (Å²) in [6, 6.07) is 48.5. The van der Waals surface area contributed by atoms with Gasteiger partial charge in [0.1, 0.15) is 5.52 Å². The van der Waals surface area contributed by atoms with Crippen molar-refractivity contribution in [2.45, 2.75) is 32.1 Å². The summed E-state index contributed by atoms with van der Waals surface area (Å²) in [5, 5.41) is 2.57. The average Bonchev–Trinajstić information content (AvgIpc) is 3.55. The zero-order valence-corrected chi connectivity index (χ0v) is 28.4. The minimum absolute atomic E-state index is 0.967. The van der Waals surface area contributed by atoms with Crippen LogP contribution in [-0.2, 0) is 12.8 Å². The maximum absolute atomic E-state index is 3.47. The van der Waals surface area contributed by atoms with Crippen LogP contribution in [0.2, 0.25) is 0 Å². The lowest BCUT2D eigenvalue weighted by Crippen LogP contribution is -2.09. The fraction of sp³-hybridized carbons (Fsp3) is 0.102. The number of nitrogens with zero attached hydrogens (tertiary/aromatic N) is 2. The molecule has 242 valence electrons. The van der Waals surface area contributed by atoms with Crippen LogP contribution in [0.3, 0.4) is 0 Å². The van der Waals surface area contributed by atoms with E-state index in [0.717, 1.165) is 37.6 Å². The van der Waals surface area contributed by atoms with Gasteiger partial charge in [0.15, 0.2) is 0 Å². The Morgan fingerprint density at radius 3 is 1.96 bits per heavy atom. The van der Waals surface area contributed by atoms with Crippen LogP contribution in [0.4, 0.5) is 0 Å². The largest absolute Gasteiger partial charge is 0.313 e. The predicted molar refractivity (Wildman–Crippen MR) is 213 cm³/mol. The minimum Gasteiger partial charge on any atom is -0.313 e. The average molecular weight is 653 g/mol. The van der Waals surface area contributed by atoms with Gasteiger partial charge in [-0.2, -0.15) is 0 Å². The van der Waals surface area contributed by atoms with E-state index in [-0.39, 0.29) is 0 Å². The highest BCUT2D eigenvalue weighted by atomic mass is 15.0. The number of rotatable bonds is 5. The summed E-state index contributed by atoms with van der Waals surface area (Å²) in [6.45, 7) is 0. The molecule has 7 aromatic rings. The monoisotopic (exact) mass is 652 g/mol. The summed E-state index contributed by atoms with van der Waals surface area (Å²) in [7, 11) is 0. The van der Waals surface area contributed by atoms with Gasteiger partial charge in [-0.15, -0.1) is 0 Å². The first-order chi connectivity index (χ1) is 25.3. The third-order valence-corrected chi connectivity index (χ3v) is 10.9. The van der Waals surface area contributed by atoms with Crippen LogP contribution >= 0.6 is 0 Å². The Morgan fingerprint density at radius 2 is 1.18 bits per heavy atom. The van der Waals surface area contributed by atoms with Gasteiger partial charge in [-0.05, 0) is 126 Å². The van der Waals surface area contributed by atoms with E-state index in [4.69, 9.17) is 0 Å². The molecule has 0 bridgehead atoms. The lowest BCUT2D eigenvalue weighted by molar-refractivity contribution is 0.818. The van der Waals surface area contributed by atoms with E-state index in [1.165, 1.54) is 83.6 Å². The number of allylic oxidation sites excluding steroid dienone is 8. The van der Waals surface area contributed by atoms with Crippen molar-refractivity contribution >= 4 is 39.5 Å². The van der Waals surface area contributed by atoms with Crippen LogP contribution in [0.5, 0.6) is 0 Å². The summed E-state index contributed by atoms with van der Waals surface area (Å²) < 4.78 is 4.91. The van der Waals surface area contributed by atoms with Crippen LogP contribution < -0.4 is 0 Å². The van der Waals surface area contributed by atoms with Crippen molar-refractivity contribution in [1.29, 1.82) is 0 Å². The standard InChI is InChI=1S/C49H36N2/c1-2-5-13-34(12-4-1)36-20-26-40(27-21-36)50-46-18-10-8-16-42(46)44-32-38(24-30-48(44)50)39-25-31-49-45(33-39)43-17-9-11-19-47(43)51(49)41-28-22-37(23-29-41)35-14-6-3-7-15-35/h1-4,6-10,12-18,20-23,26-29,32-33H,5,24-25,30-31H2. The summed E-state index contributed by atoms with van der Waals surface area (Å²) >= 11 is 0. The quantitative estimate of drug-likeness (QED) is 0.175. The topological polar surface area (TPSA) is 9.86 Å². The summed E-state index contributed by atoms with van der Waals surface area (Å²) in [5.41, 5.74) is 18.2. The second-order valence-corrected chi connectivity index (χ2v) is 13.8. The van der Waals surface area contributed by atoms with Crippen molar-refractivity contribution in [2.24, 2.45) is 0 Å². The molecule has 0 saturated carbocycles. The zero-order chi connectivity index (χ0) is 33.7. The second-order valence-electron chi connectivity index (χ2n) is 13.8. The highest BCUT2D eigenvalue weighted by Gasteiger charge is 2.26. The van der Waals surface area contributed by atoms with E-state index >= 15 is 0 Å². The van der Waals surface area contributed by atoms with Gasteiger partial charge >= 0.3 is 0 Å². The molecule has 0 unspecified atom stereocenters. The first kappa shape index (κ1) is 29.6. The Morgan fingerprint density at radius 1 is 0.529 bits per heavy atom. The fourth-order valence-electron chi connectivity index (χ4n) is 8.43. The third kappa shape index (κ3) is 5.05. The molecule has 0 N–H and O–H groups in total. The SMILES string of the molecule is c1ccc2c3c(n(-c4ccc(-c5ccccc5)cc4)c2c#1)CCC(C1=Cc2c(n(-c4ccc(C5=CCC=CC=C5)cc4)c4ccccc24)CC1)=C3. The van der Waals surface area contributed by atoms with Crippen LogP contribution in [-0.4, -0.2) is 9.13 Å². The number of benzene rings is 4. The molecule has 0 saturated heterocycles. The third-order valence-electron chi connectivity index (χ3n) is 10.9. The highest BCUT2D eigenvalue weighted by molar-refractivity contribution is 5.96. The van der Waals surface area contributed by atoms with Gasteiger partial charge in [-0.1, -0.05) is 109 Å². The zero-order valence-electron chi connectivity index (χ0n) is 28.4. The normalized spacial score (nSPS) is 15.1. The molecule has 2 heteroatoms. The molecule has 2 heterocycles. The molecule has 3 aliphatic carbocycles. The van der Waals surface area contributed by atoms with Gasteiger partial charge in [-0.25, -0.2) is 0 Å². The maximum atomic E-state index is 3.47. The minimum atomic E-state index is 0.967. The summed E-state index contributed by atoms with van der Waals surface area (Å²) in [6.07, 6.45) is 21.0. The van der Waals surface area contributed by atoms with Crippen molar-refractivity contribution < 1.29 is 0 Å². The Balaban J connectivity index is 1.03. The molecule has 51 heavy (non-hydrogen) atoms.